The molecule has 0 radical (unpaired) electrons. The number of ether oxygens (including phenoxy) is 3. The van der Waals surface area contributed by atoms with Crippen LogP contribution >= 0.6 is 0 Å². The van der Waals surface area contributed by atoms with Crippen LogP contribution in [0.5, 0.6) is 0 Å². The highest BCUT2D eigenvalue weighted by Gasteiger charge is 2.70. The van der Waals surface area contributed by atoms with Gasteiger partial charge in [0.1, 0.15) is 18.3 Å². The molecular weight excluding hydrogens is 668 g/mol. The molecule has 11 nitrogen and oxygen atoms in total. The number of allylic oxidation sites excluding steroid dienone is 4. The highest BCUT2D eigenvalue weighted by molar-refractivity contribution is 5.77. The van der Waals surface area contributed by atoms with Gasteiger partial charge in [-0.3, -0.25) is 4.79 Å². The molecule has 0 amide bonds. The zero-order chi connectivity index (χ0) is 38.0. The van der Waals surface area contributed by atoms with E-state index in [1.54, 1.807) is 0 Å². The quantitative estimate of drug-likeness (QED) is 0.206. The van der Waals surface area contributed by atoms with Crippen LogP contribution in [0.3, 0.4) is 0 Å². The minimum Gasteiger partial charge on any atom is -0.481 e. The largest absolute Gasteiger partial charge is 0.481 e. The molecule has 3 unspecified atom stereocenters. The van der Waals surface area contributed by atoms with Crippen molar-refractivity contribution < 1.29 is 54.4 Å². The average Bonchev–Trinajstić information content (AvgIpc) is 3.08. The van der Waals surface area contributed by atoms with E-state index < -0.39 is 53.8 Å². The number of carboxylic acids is 2. The van der Waals surface area contributed by atoms with Gasteiger partial charge in [0.05, 0.1) is 23.4 Å². The zero-order valence-electron chi connectivity index (χ0n) is 31.7. The van der Waals surface area contributed by atoms with Gasteiger partial charge in [0, 0.05) is 0 Å². The number of hydrogen-bond acceptors (Lipinski definition) is 9. The Morgan fingerprint density at radius 1 is 0.865 bits per heavy atom. The molecule has 0 aromatic carbocycles. The maximum atomic E-state index is 13.1. The van der Waals surface area contributed by atoms with Gasteiger partial charge in [-0.2, -0.15) is 0 Å². The normalized spacial score (nSPS) is 52.4. The van der Waals surface area contributed by atoms with Gasteiger partial charge in [0.15, 0.2) is 6.10 Å². The molecule has 0 aromatic heterocycles. The smallest absolute Gasteiger partial charge is 0.335 e. The van der Waals surface area contributed by atoms with E-state index in [1.165, 1.54) is 24.0 Å². The summed E-state index contributed by atoms with van der Waals surface area (Å²) in [7, 11) is 0. The maximum Gasteiger partial charge on any atom is 0.335 e. The van der Waals surface area contributed by atoms with Crippen molar-refractivity contribution in [2.45, 2.75) is 149 Å². The summed E-state index contributed by atoms with van der Waals surface area (Å²) >= 11 is 0. The van der Waals surface area contributed by atoms with Gasteiger partial charge in [0.2, 0.25) is 12.1 Å². The highest BCUT2D eigenvalue weighted by atomic mass is 16.7. The van der Waals surface area contributed by atoms with Gasteiger partial charge in [-0.05, 0) is 121 Å². The Hall–Kier alpha value is -2.28. The topological polar surface area (TPSA) is 183 Å². The van der Waals surface area contributed by atoms with Crippen LogP contribution in [0.15, 0.2) is 35.6 Å². The number of aliphatic hydroxyl groups is 4. The average molecular weight is 729 g/mol. The minimum absolute atomic E-state index is 0.00578. The van der Waals surface area contributed by atoms with Crippen LogP contribution in [0.2, 0.25) is 0 Å². The first-order chi connectivity index (χ1) is 24.2. The first kappa shape index (κ1) is 38.0. The third kappa shape index (κ3) is 4.97. The highest BCUT2D eigenvalue weighted by Crippen LogP contribution is 2.76. The van der Waals surface area contributed by atoms with Crippen LogP contribution in [0.4, 0.5) is 0 Å². The third-order valence-corrected chi connectivity index (χ3v) is 16.8. The first-order valence-electron chi connectivity index (χ1n) is 19.5. The maximum absolute atomic E-state index is 13.1. The Bertz CT molecular complexity index is 1570. The Morgan fingerprint density at radius 2 is 1.58 bits per heavy atom. The molecule has 0 bridgehead atoms. The fourth-order valence-electron chi connectivity index (χ4n) is 13.4. The lowest BCUT2D eigenvalue weighted by molar-refractivity contribution is -0.335. The van der Waals surface area contributed by atoms with Gasteiger partial charge >= 0.3 is 11.9 Å². The van der Waals surface area contributed by atoms with Crippen molar-refractivity contribution in [1.29, 1.82) is 0 Å². The Labute approximate surface area is 307 Å². The first-order valence-corrected chi connectivity index (χ1v) is 19.5. The monoisotopic (exact) mass is 728 g/mol. The van der Waals surface area contributed by atoms with Crippen molar-refractivity contribution in [3.8, 4) is 0 Å². The number of aliphatic carboxylic acids is 2. The number of hydrogen-bond donors (Lipinski definition) is 6. The summed E-state index contributed by atoms with van der Waals surface area (Å²) in [4.78, 5) is 24.9. The lowest BCUT2D eigenvalue weighted by atomic mass is 9.33. The zero-order valence-corrected chi connectivity index (χ0v) is 31.7. The number of rotatable bonds is 5. The molecule has 0 aromatic rings. The summed E-state index contributed by atoms with van der Waals surface area (Å²) in [5, 5.41) is 63.8. The summed E-state index contributed by atoms with van der Waals surface area (Å²) in [5.41, 5.74) is 0.137. The summed E-state index contributed by atoms with van der Waals surface area (Å²) in [6.07, 6.45) is 4.96. The van der Waals surface area contributed by atoms with E-state index >= 15 is 0 Å². The summed E-state index contributed by atoms with van der Waals surface area (Å²) in [5.74, 6) is -3.42. The molecule has 16 atom stereocenters. The second-order valence-electron chi connectivity index (χ2n) is 19.0. The van der Waals surface area contributed by atoms with Crippen LogP contribution < -0.4 is 0 Å². The molecule has 5 fully saturated rings. The lowest BCUT2D eigenvalue weighted by Gasteiger charge is -2.71. The standard InChI is InChI=1S/C41H60O11/c1-21-12-17-40(35(47)48)19-18-38(6)23(28(40)22(21)2)10-11-26-37(5)15-14-27(36(3,4)25(37)13-16-39(26,38)7)51-34-24(9-8-20-50-34)41(49)32(44)30(43)29(42)31(52-41)33(45)46/h8-10,20-22,25-32,34,42-44,49H,11-19H2,1-7H3,(H,45,46)(H,47,48)/t21-,22+,25?,26-,27+,28+,29+,30+,31+,32-,34?,37+,38-,39-,40+,41?/m1/s1. The van der Waals surface area contributed by atoms with Crippen molar-refractivity contribution in [2.24, 2.45) is 56.7 Å². The van der Waals surface area contributed by atoms with E-state index in [0.717, 1.165) is 51.4 Å². The molecule has 0 spiro atoms. The van der Waals surface area contributed by atoms with Crippen molar-refractivity contribution in [1.82, 2.24) is 0 Å². The molecule has 11 heteroatoms. The number of fused-ring (bicyclic) bond motifs is 7. The predicted molar refractivity (Wildman–Crippen MR) is 189 cm³/mol. The summed E-state index contributed by atoms with van der Waals surface area (Å²) in [6, 6.07) is 0. The Balaban J connectivity index is 1.16. The van der Waals surface area contributed by atoms with Crippen molar-refractivity contribution in [2.75, 3.05) is 0 Å². The summed E-state index contributed by atoms with van der Waals surface area (Å²) in [6.45, 7) is 16.4. The molecule has 6 N–H and O–H groups in total. The van der Waals surface area contributed by atoms with Crippen molar-refractivity contribution in [3.63, 3.8) is 0 Å². The van der Waals surface area contributed by atoms with E-state index in [1.807, 2.05) is 0 Å². The number of carboxylic acid groups (broad SMARTS) is 2. The van der Waals surface area contributed by atoms with Crippen molar-refractivity contribution in [3.05, 3.63) is 35.6 Å². The number of aliphatic hydroxyl groups excluding tert-OH is 3. The van der Waals surface area contributed by atoms with Gasteiger partial charge in [-0.15, -0.1) is 0 Å². The molecule has 7 rings (SSSR count). The summed E-state index contributed by atoms with van der Waals surface area (Å²) < 4.78 is 18.0. The minimum atomic E-state index is -2.70. The number of carbonyl (C=O) groups is 2. The van der Waals surface area contributed by atoms with Gasteiger partial charge in [-0.25, -0.2) is 4.79 Å². The Kier molecular flexibility index (Phi) is 9.04. The predicted octanol–water partition coefficient (Wildman–Crippen LogP) is 5.16. The van der Waals surface area contributed by atoms with E-state index in [2.05, 4.69) is 54.5 Å². The second-order valence-corrected chi connectivity index (χ2v) is 19.0. The van der Waals surface area contributed by atoms with E-state index in [4.69, 9.17) is 14.2 Å². The molecule has 7 aliphatic rings. The molecule has 4 saturated carbocycles. The SMILES string of the molecule is C[C@H]1[C@H](C)CC[C@]2(C(=O)O)CC[C@]3(C)C(=CC[C@@H]4[C@@]5(C)CC[C@H](OC6OC=CC=C6C6(O)O[C@H](C(=O)O)[C@@H](O)[C@H](O)[C@H]6O)C(C)(C)C5CC[C@]43C)[C@H]12. The van der Waals surface area contributed by atoms with Crippen LogP contribution in [0.25, 0.3) is 0 Å². The Morgan fingerprint density at radius 3 is 2.25 bits per heavy atom. The fraction of sp³-hybridized carbons (Fsp3) is 0.805. The van der Waals surface area contributed by atoms with Crippen molar-refractivity contribution >= 4 is 11.9 Å². The molecule has 2 aliphatic heterocycles. The molecule has 2 heterocycles. The van der Waals surface area contributed by atoms with Crippen LogP contribution in [0, 0.1) is 56.7 Å². The molecular formula is C41H60O11. The van der Waals surface area contributed by atoms with E-state index in [9.17, 15) is 40.2 Å². The molecule has 5 aliphatic carbocycles. The van der Waals surface area contributed by atoms with Crippen LogP contribution in [-0.2, 0) is 23.8 Å². The molecule has 52 heavy (non-hydrogen) atoms. The van der Waals surface area contributed by atoms with Crippen LogP contribution in [0.1, 0.15) is 106 Å². The second kappa shape index (κ2) is 12.4. The van der Waals surface area contributed by atoms with Gasteiger partial charge in [0.25, 0.3) is 0 Å². The third-order valence-electron chi connectivity index (χ3n) is 16.8. The van der Waals surface area contributed by atoms with Gasteiger partial charge in [-0.1, -0.05) is 60.1 Å². The van der Waals surface area contributed by atoms with E-state index in [0.29, 0.717) is 24.2 Å². The fourth-order valence-corrected chi connectivity index (χ4v) is 13.4. The van der Waals surface area contributed by atoms with Crippen LogP contribution in [-0.4, -0.2) is 85.2 Å². The molecule has 1 saturated heterocycles. The molecule has 290 valence electrons. The van der Waals surface area contributed by atoms with E-state index in [-0.39, 0.29) is 45.2 Å². The van der Waals surface area contributed by atoms with Gasteiger partial charge < -0.3 is 44.8 Å². The lowest BCUT2D eigenvalue weighted by Crippen LogP contribution is -2.68.